The van der Waals surface area contributed by atoms with E-state index in [1.54, 1.807) is 49.4 Å². The number of carbonyl (C=O) groups excluding carboxylic acids is 3. The van der Waals surface area contributed by atoms with Gasteiger partial charge in [0, 0.05) is 10.2 Å². The fraction of sp³-hybridized carbons (Fsp3) is 0.167. The molecular formula is C18H16BrNO5. The van der Waals surface area contributed by atoms with E-state index in [9.17, 15) is 14.4 Å². The Hall–Kier alpha value is -2.67. The summed E-state index contributed by atoms with van der Waals surface area (Å²) in [4.78, 5) is 34.5. The first kappa shape index (κ1) is 18.7. The van der Waals surface area contributed by atoms with Crippen LogP contribution in [0.15, 0.2) is 46.9 Å². The molecule has 0 fully saturated rings. The van der Waals surface area contributed by atoms with Crippen LogP contribution in [0.4, 0.5) is 5.69 Å². The van der Waals surface area contributed by atoms with Crippen molar-refractivity contribution >= 4 is 39.8 Å². The van der Waals surface area contributed by atoms with Gasteiger partial charge >= 0.3 is 5.97 Å². The summed E-state index contributed by atoms with van der Waals surface area (Å²) in [7, 11) is 0. The molecule has 25 heavy (non-hydrogen) atoms. The van der Waals surface area contributed by atoms with Gasteiger partial charge in [-0.3, -0.25) is 9.59 Å². The Balaban J connectivity index is 1.92. The molecule has 0 saturated carbocycles. The van der Waals surface area contributed by atoms with Crippen molar-refractivity contribution in [3.8, 4) is 5.75 Å². The zero-order chi connectivity index (χ0) is 18.2. The maximum absolute atomic E-state index is 11.9. The van der Waals surface area contributed by atoms with Gasteiger partial charge in [-0.2, -0.15) is 0 Å². The maximum atomic E-state index is 11.9. The first-order chi connectivity index (χ1) is 12.0. The van der Waals surface area contributed by atoms with Crippen LogP contribution in [0.3, 0.4) is 0 Å². The molecule has 1 N–H and O–H groups in total. The van der Waals surface area contributed by atoms with Crippen molar-refractivity contribution in [3.05, 3.63) is 58.1 Å². The smallest absolute Gasteiger partial charge is 0.338 e. The molecule has 0 heterocycles. The van der Waals surface area contributed by atoms with Crippen molar-refractivity contribution in [1.82, 2.24) is 0 Å². The maximum Gasteiger partial charge on any atom is 0.338 e. The number of rotatable bonds is 7. The number of anilines is 1. The molecule has 0 bridgehead atoms. The molecule has 6 nitrogen and oxygen atoms in total. The van der Waals surface area contributed by atoms with Crippen LogP contribution < -0.4 is 10.1 Å². The van der Waals surface area contributed by atoms with E-state index in [0.29, 0.717) is 35.5 Å². The molecule has 0 aliphatic carbocycles. The Labute approximate surface area is 153 Å². The van der Waals surface area contributed by atoms with E-state index in [0.717, 1.165) is 4.47 Å². The largest absolute Gasteiger partial charge is 0.483 e. The Morgan fingerprint density at radius 1 is 1.16 bits per heavy atom. The lowest BCUT2D eigenvalue weighted by Gasteiger charge is -2.10. The highest BCUT2D eigenvalue weighted by atomic mass is 79.9. The molecule has 0 aromatic heterocycles. The number of aldehydes is 1. The minimum absolute atomic E-state index is 0.248. The topological polar surface area (TPSA) is 81.7 Å². The molecule has 0 saturated heterocycles. The number of hydrogen-bond donors (Lipinski definition) is 1. The van der Waals surface area contributed by atoms with Gasteiger partial charge in [0.1, 0.15) is 5.75 Å². The summed E-state index contributed by atoms with van der Waals surface area (Å²) < 4.78 is 11.0. The number of amides is 1. The molecule has 0 unspecified atom stereocenters. The van der Waals surface area contributed by atoms with Crippen molar-refractivity contribution in [1.29, 1.82) is 0 Å². The molecule has 0 aliphatic heterocycles. The number of halogens is 1. The predicted octanol–water partition coefficient (Wildman–Crippen LogP) is 3.46. The van der Waals surface area contributed by atoms with Gasteiger partial charge in [-0.1, -0.05) is 15.9 Å². The molecular weight excluding hydrogens is 390 g/mol. The van der Waals surface area contributed by atoms with E-state index < -0.39 is 5.97 Å². The van der Waals surface area contributed by atoms with Crippen LogP contribution in [0, 0.1) is 0 Å². The summed E-state index contributed by atoms with van der Waals surface area (Å²) in [5.41, 5.74) is 1.27. The summed E-state index contributed by atoms with van der Waals surface area (Å²) in [5, 5.41) is 2.65. The third kappa shape index (κ3) is 5.42. The summed E-state index contributed by atoms with van der Waals surface area (Å²) >= 11 is 3.26. The van der Waals surface area contributed by atoms with Crippen LogP contribution in [-0.4, -0.2) is 31.4 Å². The van der Waals surface area contributed by atoms with Gasteiger partial charge in [-0.25, -0.2) is 4.79 Å². The minimum atomic E-state index is -0.416. The molecule has 130 valence electrons. The molecule has 0 radical (unpaired) electrons. The summed E-state index contributed by atoms with van der Waals surface area (Å²) in [6.45, 7) is 1.78. The highest BCUT2D eigenvalue weighted by molar-refractivity contribution is 9.10. The Kier molecular flexibility index (Phi) is 6.71. The lowest BCUT2D eigenvalue weighted by atomic mass is 10.2. The number of nitrogens with one attached hydrogen (secondary N) is 1. The lowest BCUT2D eigenvalue weighted by Crippen LogP contribution is -2.20. The molecule has 0 atom stereocenters. The van der Waals surface area contributed by atoms with E-state index >= 15 is 0 Å². The number of benzene rings is 2. The van der Waals surface area contributed by atoms with Crippen LogP contribution in [0.25, 0.3) is 0 Å². The molecule has 0 spiro atoms. The monoisotopic (exact) mass is 405 g/mol. The minimum Gasteiger partial charge on any atom is -0.483 e. The van der Waals surface area contributed by atoms with Gasteiger partial charge in [0.05, 0.1) is 17.7 Å². The van der Waals surface area contributed by atoms with E-state index in [2.05, 4.69) is 21.2 Å². The summed E-state index contributed by atoms with van der Waals surface area (Å²) in [5.74, 6) is -0.477. The average Bonchev–Trinajstić information content (AvgIpc) is 2.61. The lowest BCUT2D eigenvalue weighted by molar-refractivity contribution is -0.118. The van der Waals surface area contributed by atoms with Crippen LogP contribution in [0.2, 0.25) is 0 Å². The number of esters is 1. The van der Waals surface area contributed by atoms with E-state index in [1.165, 1.54) is 0 Å². The third-order valence-corrected chi connectivity index (χ3v) is 3.63. The van der Waals surface area contributed by atoms with E-state index in [-0.39, 0.29) is 12.5 Å². The quantitative estimate of drug-likeness (QED) is 0.563. The van der Waals surface area contributed by atoms with Crippen LogP contribution >= 0.6 is 15.9 Å². The first-order valence-electron chi connectivity index (χ1n) is 7.48. The first-order valence-corrected chi connectivity index (χ1v) is 8.27. The van der Waals surface area contributed by atoms with Gasteiger partial charge in [0.25, 0.3) is 5.91 Å². The van der Waals surface area contributed by atoms with Crippen LogP contribution in [0.5, 0.6) is 5.75 Å². The molecule has 7 heteroatoms. The fourth-order valence-corrected chi connectivity index (χ4v) is 2.37. The third-order valence-electron chi connectivity index (χ3n) is 3.14. The SMILES string of the molecule is CCOC(=O)c1ccc(NC(=O)COc2ccc(Br)cc2C=O)cc1. The summed E-state index contributed by atoms with van der Waals surface area (Å²) in [6, 6.07) is 11.3. The Morgan fingerprint density at radius 3 is 2.52 bits per heavy atom. The Bertz CT molecular complexity index is 774. The second-order valence-electron chi connectivity index (χ2n) is 4.93. The van der Waals surface area contributed by atoms with Crippen LogP contribution in [-0.2, 0) is 9.53 Å². The zero-order valence-electron chi connectivity index (χ0n) is 13.5. The molecule has 2 aromatic carbocycles. The highest BCUT2D eigenvalue weighted by Crippen LogP contribution is 2.21. The van der Waals surface area contributed by atoms with Crippen molar-refractivity contribution in [3.63, 3.8) is 0 Å². The molecule has 2 rings (SSSR count). The zero-order valence-corrected chi connectivity index (χ0v) is 15.0. The van der Waals surface area contributed by atoms with Crippen molar-refractivity contribution in [2.24, 2.45) is 0 Å². The molecule has 0 aliphatic rings. The number of ether oxygens (including phenoxy) is 2. The van der Waals surface area contributed by atoms with Gasteiger partial charge in [-0.15, -0.1) is 0 Å². The van der Waals surface area contributed by atoms with Gasteiger partial charge in [0.15, 0.2) is 12.9 Å². The number of carbonyl (C=O) groups is 3. The molecule has 1 amide bonds. The molecule has 2 aromatic rings. The van der Waals surface area contributed by atoms with Gasteiger partial charge in [0.2, 0.25) is 0 Å². The van der Waals surface area contributed by atoms with E-state index in [4.69, 9.17) is 9.47 Å². The second-order valence-corrected chi connectivity index (χ2v) is 5.85. The Morgan fingerprint density at radius 2 is 1.88 bits per heavy atom. The average molecular weight is 406 g/mol. The second kappa shape index (κ2) is 8.98. The van der Waals surface area contributed by atoms with Crippen LogP contribution in [0.1, 0.15) is 27.6 Å². The number of hydrogen-bond acceptors (Lipinski definition) is 5. The van der Waals surface area contributed by atoms with E-state index in [1.807, 2.05) is 0 Å². The van der Waals surface area contributed by atoms with Crippen molar-refractivity contribution < 1.29 is 23.9 Å². The van der Waals surface area contributed by atoms with Crippen molar-refractivity contribution in [2.75, 3.05) is 18.5 Å². The van der Waals surface area contributed by atoms with Gasteiger partial charge < -0.3 is 14.8 Å². The summed E-state index contributed by atoms with van der Waals surface area (Å²) in [6.07, 6.45) is 0.659. The van der Waals surface area contributed by atoms with Crippen molar-refractivity contribution in [2.45, 2.75) is 6.92 Å². The van der Waals surface area contributed by atoms with Gasteiger partial charge in [-0.05, 0) is 49.4 Å². The fourth-order valence-electron chi connectivity index (χ4n) is 1.99. The highest BCUT2D eigenvalue weighted by Gasteiger charge is 2.09. The normalized spacial score (nSPS) is 10.0. The predicted molar refractivity (Wildman–Crippen MR) is 96.1 cm³/mol. The standard InChI is InChI=1S/C18H16BrNO5/c1-2-24-18(23)12-3-6-15(7-4-12)20-17(22)11-25-16-8-5-14(19)9-13(16)10-21/h3-10H,2,11H2,1H3,(H,20,22).